The van der Waals surface area contributed by atoms with Crippen molar-refractivity contribution in [2.45, 2.75) is 37.4 Å². The van der Waals surface area contributed by atoms with Gasteiger partial charge in [0.15, 0.2) is 17.0 Å². The second-order valence-electron chi connectivity index (χ2n) is 14.3. The van der Waals surface area contributed by atoms with Gasteiger partial charge in [0.25, 0.3) is 0 Å². The number of aromatic nitrogens is 5. The fourth-order valence-corrected chi connectivity index (χ4v) is 8.86. The molecule has 316 valence electrons. The van der Waals surface area contributed by atoms with Crippen LogP contribution in [0.15, 0.2) is 24.4 Å². The van der Waals surface area contributed by atoms with Gasteiger partial charge in [0.1, 0.15) is 49.4 Å². The van der Waals surface area contributed by atoms with Gasteiger partial charge in [0, 0.05) is 31.6 Å². The molecule has 3 aromatic heterocycles. The van der Waals surface area contributed by atoms with Gasteiger partial charge in [-0.3, -0.25) is 4.57 Å². The zero-order valence-corrected chi connectivity index (χ0v) is 34.1. The molecule has 1 spiro atoms. The number of aliphatic hydroxyl groups is 2. The summed E-state index contributed by atoms with van der Waals surface area (Å²) in [6.45, 7) is 6.79. The van der Waals surface area contributed by atoms with Crippen molar-refractivity contribution in [1.82, 2.24) is 24.7 Å². The van der Waals surface area contributed by atoms with Crippen LogP contribution in [0.3, 0.4) is 0 Å². The molecule has 3 fully saturated rings. The van der Waals surface area contributed by atoms with E-state index in [0.29, 0.717) is 69.7 Å². The minimum Gasteiger partial charge on any atom is -0.491 e. The molecule has 4 aromatic rings. The molecule has 0 aliphatic carbocycles. The first kappa shape index (κ1) is 42.8. The van der Waals surface area contributed by atoms with E-state index >= 15 is 0 Å². The van der Waals surface area contributed by atoms with Crippen LogP contribution in [-0.4, -0.2) is 162 Å². The van der Waals surface area contributed by atoms with Crippen molar-refractivity contribution in [3.63, 3.8) is 0 Å². The average molecular weight is 868 g/mol. The van der Waals surface area contributed by atoms with Crippen LogP contribution in [0.2, 0.25) is 5.28 Å². The van der Waals surface area contributed by atoms with Crippen LogP contribution >= 0.6 is 30.5 Å². The fourth-order valence-electron chi connectivity index (χ4n) is 7.34. The third-order valence-corrected chi connectivity index (χ3v) is 11.7. The predicted octanol–water partition coefficient (Wildman–Crippen LogP) is 2.05. The predicted molar refractivity (Wildman–Crippen MR) is 212 cm³/mol. The van der Waals surface area contributed by atoms with Crippen LogP contribution in [0.4, 0.5) is 10.9 Å². The number of nitrogens with zero attached hydrogens (tertiary/aromatic N) is 7. The number of benzene rings is 1. The molecule has 1 aromatic carbocycles. The molecule has 7 rings (SSSR count). The maximum atomic E-state index is 11.2. The van der Waals surface area contributed by atoms with Gasteiger partial charge in [-0.2, -0.15) is 15.1 Å². The van der Waals surface area contributed by atoms with Gasteiger partial charge in [0.2, 0.25) is 5.28 Å². The Morgan fingerprint density at radius 2 is 1.66 bits per heavy atom. The molecule has 6 heterocycles. The van der Waals surface area contributed by atoms with Crippen molar-refractivity contribution in [1.29, 1.82) is 0 Å². The smallest absolute Gasteiger partial charge is 0.350 e. The number of ether oxygens (including phenoxy) is 7. The molecular weight excluding hydrogens is 821 g/mol. The summed E-state index contributed by atoms with van der Waals surface area (Å²) in [6.07, 6.45) is 2.88. The summed E-state index contributed by atoms with van der Waals surface area (Å²) >= 11 is 8.07. The van der Waals surface area contributed by atoms with E-state index in [1.807, 2.05) is 18.2 Å². The molecule has 58 heavy (non-hydrogen) atoms. The minimum absolute atomic E-state index is 0.00996. The van der Waals surface area contributed by atoms with Gasteiger partial charge < -0.3 is 63.0 Å². The van der Waals surface area contributed by atoms with Crippen molar-refractivity contribution < 1.29 is 57.7 Å². The standard InChI is InChI=1S/C36H47ClN7O12PS/c1-2-8-50-9-10-51-11-12-52-13-14-53-15-16-55-24-4-5-26-28(17-24)58-35(39-26)42-7-3-6-36(20-42)21-43(22-36)31-25-18-38-44(32(25)41-34(37)40-31)33-30(46)29(45)27(56-33)19-54-23-57(47,48)49/h1,4-5,17-18,27,29-30,33,45-46H,3,6-16,19-23H2,(H2,47,48,49)/t27-,29-,30-,33-/m1/s1. The quantitative estimate of drug-likeness (QED) is 0.0407. The molecule has 0 unspecified atom stereocenters. The summed E-state index contributed by atoms with van der Waals surface area (Å²) in [6, 6.07) is 5.92. The van der Waals surface area contributed by atoms with E-state index in [1.54, 1.807) is 17.5 Å². The molecule has 4 atom stereocenters. The summed E-state index contributed by atoms with van der Waals surface area (Å²) in [7, 11) is -4.42. The molecule has 3 aliphatic heterocycles. The lowest BCUT2D eigenvalue weighted by molar-refractivity contribution is -0.0658. The van der Waals surface area contributed by atoms with Gasteiger partial charge >= 0.3 is 7.60 Å². The van der Waals surface area contributed by atoms with Crippen LogP contribution in [-0.2, 0) is 33.0 Å². The van der Waals surface area contributed by atoms with Crippen LogP contribution in [0.5, 0.6) is 5.75 Å². The maximum absolute atomic E-state index is 11.2. The first-order valence-electron chi connectivity index (χ1n) is 18.8. The molecule has 3 saturated heterocycles. The average Bonchev–Trinajstić information content (AvgIpc) is 3.88. The van der Waals surface area contributed by atoms with Gasteiger partial charge in [-0.25, -0.2) is 9.67 Å². The Morgan fingerprint density at radius 1 is 0.948 bits per heavy atom. The number of rotatable bonds is 21. The molecule has 0 saturated carbocycles. The van der Waals surface area contributed by atoms with Crippen LogP contribution in [0.1, 0.15) is 19.1 Å². The van der Waals surface area contributed by atoms with Gasteiger partial charge in [0.05, 0.1) is 74.7 Å². The number of aliphatic hydroxyl groups excluding tert-OH is 2. The SMILES string of the molecule is C#CCOCCOCCOCCOCCOc1ccc2nc(N3CCCC4(C3)CN(c3nc(Cl)nc5c3cnn5[C@@H]3O[C@H](COCP(=O)(O)O)[C@@H](O)[C@H]3O)C4)sc2c1. The zero-order valence-electron chi connectivity index (χ0n) is 31.6. The van der Waals surface area contributed by atoms with Crippen molar-refractivity contribution in [3.05, 3.63) is 29.7 Å². The third-order valence-electron chi connectivity index (χ3n) is 9.96. The van der Waals surface area contributed by atoms with E-state index in [1.165, 1.54) is 4.68 Å². The monoisotopic (exact) mass is 867 g/mol. The number of piperidine rings is 1. The summed E-state index contributed by atoms with van der Waals surface area (Å²) in [5.74, 6) is 3.76. The molecule has 4 N–H and O–H groups in total. The molecular formula is C36H47ClN7O12PS. The van der Waals surface area contributed by atoms with E-state index < -0.39 is 38.5 Å². The van der Waals surface area contributed by atoms with Crippen LogP contribution < -0.4 is 14.5 Å². The Morgan fingerprint density at radius 3 is 2.38 bits per heavy atom. The molecule has 22 heteroatoms. The fraction of sp³-hybridized carbons (Fsp3) is 0.611. The van der Waals surface area contributed by atoms with Crippen LogP contribution in [0.25, 0.3) is 21.3 Å². The topological polar surface area (TPSA) is 226 Å². The number of halogens is 1. The lowest BCUT2D eigenvalue weighted by atomic mass is 9.73. The van der Waals surface area contributed by atoms with Gasteiger partial charge in [-0.1, -0.05) is 17.3 Å². The maximum Gasteiger partial charge on any atom is 0.350 e. The van der Waals surface area contributed by atoms with E-state index in [-0.39, 0.29) is 23.9 Å². The highest BCUT2D eigenvalue weighted by molar-refractivity contribution is 7.51. The number of fused-ring (bicyclic) bond motifs is 2. The molecule has 0 bridgehead atoms. The van der Waals surface area contributed by atoms with Gasteiger partial charge in [-0.15, -0.1) is 6.42 Å². The van der Waals surface area contributed by atoms with E-state index in [0.717, 1.165) is 60.1 Å². The second kappa shape index (κ2) is 19.4. The second-order valence-corrected chi connectivity index (χ2v) is 17.2. The highest BCUT2D eigenvalue weighted by Gasteiger charge is 2.48. The normalized spacial score (nSPS) is 21.9. The first-order valence-corrected chi connectivity index (χ1v) is 21.8. The number of thiazole rings is 1. The Bertz CT molecular complexity index is 2080. The lowest BCUT2D eigenvalue weighted by Gasteiger charge is -2.55. The largest absolute Gasteiger partial charge is 0.491 e. The molecule has 3 aliphatic rings. The summed E-state index contributed by atoms with van der Waals surface area (Å²) in [5, 5.41) is 27.4. The first-order chi connectivity index (χ1) is 28.0. The minimum atomic E-state index is -4.42. The van der Waals surface area contributed by atoms with Crippen molar-refractivity contribution in [3.8, 4) is 18.1 Å². The van der Waals surface area contributed by atoms with E-state index in [9.17, 15) is 14.8 Å². The number of hydrogen-bond acceptors (Lipinski definition) is 17. The Balaban J connectivity index is 0.886. The highest BCUT2D eigenvalue weighted by atomic mass is 35.5. The third kappa shape index (κ3) is 10.5. The number of terminal acetylenes is 1. The number of hydrogen-bond donors (Lipinski definition) is 4. The molecule has 0 radical (unpaired) electrons. The Kier molecular flexibility index (Phi) is 14.3. The summed E-state index contributed by atoms with van der Waals surface area (Å²) in [4.78, 5) is 36.5. The zero-order chi connectivity index (χ0) is 40.7. The van der Waals surface area contributed by atoms with Crippen molar-refractivity contribution >= 4 is 62.7 Å². The van der Waals surface area contributed by atoms with Gasteiger partial charge in [-0.05, 0) is 42.6 Å². The molecule has 0 amide bonds. The summed E-state index contributed by atoms with van der Waals surface area (Å²) < 4.78 is 52.0. The van der Waals surface area contributed by atoms with Crippen LogP contribution in [0, 0.1) is 17.8 Å². The Labute approximate surface area is 343 Å². The summed E-state index contributed by atoms with van der Waals surface area (Å²) in [5.41, 5.74) is 1.23. The van der Waals surface area contributed by atoms with Crippen molar-refractivity contribution in [2.75, 3.05) is 108 Å². The lowest BCUT2D eigenvalue weighted by Crippen LogP contribution is -2.63. The van der Waals surface area contributed by atoms with E-state index in [2.05, 4.69) is 30.8 Å². The number of anilines is 2. The highest BCUT2D eigenvalue weighted by Crippen LogP contribution is 2.45. The Hall–Kier alpha value is -3.26. The van der Waals surface area contributed by atoms with Crippen molar-refractivity contribution in [2.24, 2.45) is 5.41 Å². The van der Waals surface area contributed by atoms with E-state index in [4.69, 9.17) is 66.0 Å². The molecule has 19 nitrogen and oxygen atoms in total.